The Kier molecular flexibility index (Phi) is 4.39. The Balaban J connectivity index is 2.06. The zero-order valence-corrected chi connectivity index (χ0v) is 12.4. The topological polar surface area (TPSA) is 89.9 Å². The van der Waals surface area contributed by atoms with E-state index in [9.17, 15) is 14.7 Å². The number of likely N-dealkylation sites (tertiary alicyclic amines) is 1. The van der Waals surface area contributed by atoms with Crippen molar-refractivity contribution in [3.8, 4) is 0 Å². The second-order valence-corrected chi connectivity index (χ2v) is 5.86. The lowest BCUT2D eigenvalue weighted by Crippen LogP contribution is -2.49. The van der Waals surface area contributed by atoms with Gasteiger partial charge in [0.05, 0.1) is 22.7 Å². The van der Waals surface area contributed by atoms with Crippen LogP contribution in [0.1, 0.15) is 30.1 Å². The molecule has 2 rings (SSSR count). The number of hydrogen-bond donors (Lipinski definition) is 3. The number of carboxylic acids is 1. The number of halogens is 1. The summed E-state index contributed by atoms with van der Waals surface area (Å²) < 4.78 is 0. The van der Waals surface area contributed by atoms with Gasteiger partial charge < -0.3 is 20.4 Å². The van der Waals surface area contributed by atoms with Crippen molar-refractivity contribution in [3.05, 3.63) is 28.8 Å². The fourth-order valence-corrected chi connectivity index (χ4v) is 2.62. The quantitative estimate of drug-likeness (QED) is 0.782. The van der Waals surface area contributed by atoms with Gasteiger partial charge in [-0.15, -0.1) is 0 Å². The highest BCUT2D eigenvalue weighted by atomic mass is 35.5. The van der Waals surface area contributed by atoms with E-state index in [1.165, 1.54) is 23.1 Å². The number of piperidine rings is 1. The van der Waals surface area contributed by atoms with Gasteiger partial charge in [0.2, 0.25) is 0 Å². The molecule has 2 amide bonds. The predicted molar refractivity (Wildman–Crippen MR) is 78.9 cm³/mol. The van der Waals surface area contributed by atoms with Crippen molar-refractivity contribution in [1.82, 2.24) is 4.90 Å². The Morgan fingerprint density at radius 1 is 1.43 bits per heavy atom. The molecule has 1 heterocycles. The van der Waals surface area contributed by atoms with E-state index in [-0.39, 0.29) is 23.2 Å². The summed E-state index contributed by atoms with van der Waals surface area (Å²) in [6.45, 7) is 2.54. The van der Waals surface area contributed by atoms with Crippen LogP contribution >= 0.6 is 11.6 Å². The van der Waals surface area contributed by atoms with Gasteiger partial charge in [0.15, 0.2) is 0 Å². The molecule has 1 unspecified atom stereocenters. The first-order valence-electron chi connectivity index (χ1n) is 6.60. The van der Waals surface area contributed by atoms with Crippen LogP contribution in [0.15, 0.2) is 18.2 Å². The average Bonchev–Trinajstić information content (AvgIpc) is 2.37. The van der Waals surface area contributed by atoms with Crippen molar-refractivity contribution < 1.29 is 19.8 Å². The summed E-state index contributed by atoms with van der Waals surface area (Å²) in [5.41, 5.74) is -0.476. The molecule has 1 aliphatic rings. The monoisotopic (exact) mass is 312 g/mol. The number of nitrogens with one attached hydrogen (secondary N) is 1. The summed E-state index contributed by atoms with van der Waals surface area (Å²) in [5.74, 6) is -1.12. The van der Waals surface area contributed by atoms with Crippen LogP contribution in [0.2, 0.25) is 5.02 Å². The number of β-amino-alcohol motifs (C(OH)–C–C–N with tert-alkyl or cyclic N) is 1. The summed E-state index contributed by atoms with van der Waals surface area (Å²) >= 11 is 5.85. The standard InChI is InChI=1S/C14H17ClN2O4/c1-14(21)5-2-6-17(8-14)13(20)16-9-3-4-10(12(18)19)11(15)7-9/h3-4,7,21H,2,5-6,8H2,1H3,(H,16,20)(H,18,19). The second-order valence-electron chi connectivity index (χ2n) is 5.45. The van der Waals surface area contributed by atoms with Gasteiger partial charge in [0.1, 0.15) is 0 Å². The van der Waals surface area contributed by atoms with E-state index in [1.54, 1.807) is 6.92 Å². The van der Waals surface area contributed by atoms with Crippen LogP contribution in [-0.4, -0.2) is 45.8 Å². The van der Waals surface area contributed by atoms with Gasteiger partial charge in [0, 0.05) is 12.2 Å². The number of amides is 2. The molecule has 1 fully saturated rings. The van der Waals surface area contributed by atoms with Gasteiger partial charge >= 0.3 is 12.0 Å². The minimum atomic E-state index is -1.12. The van der Waals surface area contributed by atoms with Crippen LogP contribution in [0, 0.1) is 0 Å². The summed E-state index contributed by atoms with van der Waals surface area (Å²) in [7, 11) is 0. The van der Waals surface area contributed by atoms with Crippen LogP contribution in [0.3, 0.4) is 0 Å². The first kappa shape index (κ1) is 15.6. The van der Waals surface area contributed by atoms with E-state index < -0.39 is 11.6 Å². The maximum absolute atomic E-state index is 12.1. The molecule has 0 spiro atoms. The first-order chi connectivity index (χ1) is 9.78. The molecule has 7 heteroatoms. The third-order valence-electron chi connectivity index (χ3n) is 3.41. The van der Waals surface area contributed by atoms with Crippen LogP contribution in [0.5, 0.6) is 0 Å². The predicted octanol–water partition coefficient (Wildman–Crippen LogP) is 2.42. The molecule has 0 aliphatic carbocycles. The van der Waals surface area contributed by atoms with Crippen LogP contribution in [-0.2, 0) is 0 Å². The van der Waals surface area contributed by atoms with E-state index in [2.05, 4.69) is 5.32 Å². The number of carbonyl (C=O) groups excluding carboxylic acids is 1. The Morgan fingerprint density at radius 3 is 2.71 bits per heavy atom. The van der Waals surface area contributed by atoms with Gasteiger partial charge in [-0.05, 0) is 38.0 Å². The summed E-state index contributed by atoms with van der Waals surface area (Å²) in [5, 5.41) is 21.6. The number of urea groups is 1. The van der Waals surface area contributed by atoms with Crippen molar-refractivity contribution in [2.24, 2.45) is 0 Å². The largest absolute Gasteiger partial charge is 0.478 e. The van der Waals surface area contributed by atoms with E-state index in [0.717, 1.165) is 6.42 Å². The maximum Gasteiger partial charge on any atom is 0.337 e. The lowest BCUT2D eigenvalue weighted by atomic mass is 9.95. The second kappa shape index (κ2) is 5.91. The van der Waals surface area contributed by atoms with E-state index in [4.69, 9.17) is 16.7 Å². The lowest BCUT2D eigenvalue weighted by Gasteiger charge is -2.36. The molecule has 0 aromatic heterocycles. The molecule has 3 N–H and O–H groups in total. The zero-order valence-electron chi connectivity index (χ0n) is 11.6. The zero-order chi connectivity index (χ0) is 15.6. The van der Waals surface area contributed by atoms with E-state index in [0.29, 0.717) is 18.7 Å². The third kappa shape index (κ3) is 3.86. The Labute approximate surface area is 127 Å². The van der Waals surface area contributed by atoms with Crippen molar-refractivity contribution in [2.45, 2.75) is 25.4 Å². The average molecular weight is 313 g/mol. The first-order valence-corrected chi connectivity index (χ1v) is 6.97. The van der Waals surface area contributed by atoms with E-state index >= 15 is 0 Å². The van der Waals surface area contributed by atoms with Gasteiger partial charge in [-0.3, -0.25) is 0 Å². The molecule has 1 aromatic carbocycles. The molecule has 6 nitrogen and oxygen atoms in total. The number of carbonyl (C=O) groups is 2. The van der Waals surface area contributed by atoms with Crippen LogP contribution < -0.4 is 5.32 Å². The molecular formula is C14H17ClN2O4. The Bertz CT molecular complexity index is 574. The van der Waals surface area contributed by atoms with Crippen molar-refractivity contribution >= 4 is 29.3 Å². The number of benzene rings is 1. The number of hydrogen-bond acceptors (Lipinski definition) is 3. The molecule has 114 valence electrons. The Hall–Kier alpha value is -1.79. The molecule has 1 aromatic rings. The maximum atomic E-state index is 12.1. The minimum Gasteiger partial charge on any atom is -0.478 e. The molecule has 0 bridgehead atoms. The van der Waals surface area contributed by atoms with Crippen LogP contribution in [0.4, 0.5) is 10.5 Å². The molecule has 1 saturated heterocycles. The highest BCUT2D eigenvalue weighted by Crippen LogP contribution is 2.23. The fraction of sp³-hybridized carbons (Fsp3) is 0.429. The summed E-state index contributed by atoms with van der Waals surface area (Å²) in [6.07, 6.45) is 1.40. The van der Waals surface area contributed by atoms with Crippen molar-refractivity contribution in [1.29, 1.82) is 0 Å². The number of rotatable bonds is 2. The molecule has 21 heavy (non-hydrogen) atoms. The smallest absolute Gasteiger partial charge is 0.337 e. The molecule has 0 saturated carbocycles. The molecule has 1 atom stereocenters. The highest BCUT2D eigenvalue weighted by molar-refractivity contribution is 6.33. The number of aliphatic hydroxyl groups is 1. The van der Waals surface area contributed by atoms with Crippen molar-refractivity contribution in [2.75, 3.05) is 18.4 Å². The normalized spacial score (nSPS) is 22.0. The minimum absolute atomic E-state index is 0.0180. The van der Waals surface area contributed by atoms with Gasteiger partial charge in [-0.25, -0.2) is 9.59 Å². The fourth-order valence-electron chi connectivity index (χ4n) is 2.36. The number of anilines is 1. The molecule has 1 aliphatic heterocycles. The molecule has 0 radical (unpaired) electrons. The van der Waals surface area contributed by atoms with Gasteiger partial charge in [0.25, 0.3) is 0 Å². The number of nitrogens with zero attached hydrogens (tertiary/aromatic N) is 1. The summed E-state index contributed by atoms with van der Waals surface area (Å²) in [6, 6.07) is 3.88. The van der Waals surface area contributed by atoms with Gasteiger partial charge in [-0.1, -0.05) is 11.6 Å². The van der Waals surface area contributed by atoms with Crippen molar-refractivity contribution in [3.63, 3.8) is 0 Å². The van der Waals surface area contributed by atoms with Crippen LogP contribution in [0.25, 0.3) is 0 Å². The highest BCUT2D eigenvalue weighted by Gasteiger charge is 2.30. The molecular weight excluding hydrogens is 296 g/mol. The van der Waals surface area contributed by atoms with Gasteiger partial charge in [-0.2, -0.15) is 0 Å². The lowest BCUT2D eigenvalue weighted by molar-refractivity contribution is -0.000639. The number of carboxylic acid groups (broad SMARTS) is 1. The Morgan fingerprint density at radius 2 is 2.14 bits per heavy atom. The third-order valence-corrected chi connectivity index (χ3v) is 3.73. The summed E-state index contributed by atoms with van der Waals surface area (Å²) in [4.78, 5) is 24.5. The van der Waals surface area contributed by atoms with E-state index in [1.807, 2.05) is 0 Å². The number of aromatic carboxylic acids is 1. The SMILES string of the molecule is CC1(O)CCCN(C(=O)Nc2ccc(C(=O)O)c(Cl)c2)C1.